The van der Waals surface area contributed by atoms with Crippen LogP contribution in [0.1, 0.15) is 48.6 Å². The van der Waals surface area contributed by atoms with E-state index in [1.165, 1.54) is 39.3 Å². The lowest BCUT2D eigenvalue weighted by Crippen LogP contribution is -2.38. The molecule has 2 aromatic carbocycles. The van der Waals surface area contributed by atoms with Crippen molar-refractivity contribution >= 4 is 22.8 Å². The van der Waals surface area contributed by atoms with Crippen LogP contribution < -0.4 is 14.2 Å². The van der Waals surface area contributed by atoms with Crippen LogP contribution in [0.5, 0.6) is 17.4 Å². The molecule has 0 saturated carbocycles. The minimum absolute atomic E-state index is 0.0978. The number of hydrogen-bond donors (Lipinski definition) is 2. The first-order valence-electron chi connectivity index (χ1n) is 10.9. The minimum Gasteiger partial charge on any atom is -0.497 e. The fourth-order valence-electron chi connectivity index (χ4n) is 3.36. The topological polar surface area (TPSA) is 124 Å². The molecule has 9 nitrogen and oxygen atoms in total. The molecule has 0 aliphatic rings. The highest BCUT2D eigenvalue weighted by atomic mass is 16.5. The zero-order chi connectivity index (χ0) is 25.2. The standard InChI is InChI=1S/C26H25N3O6/c1-15(24-28-19-7-5-6-8-20(19)29-24)34-22-12-9-16(14-27-22)23(30)18-11-10-17(33-4)13-21(18)35-26(2,3)25(31)32/h5-15H,1-4H3,(H,28,29)(H,31,32). The molecule has 0 saturated heterocycles. The predicted octanol–water partition coefficient (Wildman–Crippen LogP) is 4.58. The average Bonchev–Trinajstić information content (AvgIpc) is 3.28. The molecule has 180 valence electrons. The number of rotatable bonds is 9. The van der Waals surface area contributed by atoms with Crippen LogP contribution in [-0.2, 0) is 4.79 Å². The fraction of sp³-hybridized carbons (Fsp3) is 0.231. The van der Waals surface area contributed by atoms with Gasteiger partial charge in [-0.2, -0.15) is 0 Å². The number of carbonyl (C=O) groups is 2. The Kier molecular flexibility index (Phi) is 6.42. The number of nitrogens with one attached hydrogen (secondary N) is 1. The van der Waals surface area contributed by atoms with Crippen molar-refractivity contribution in [1.82, 2.24) is 15.0 Å². The Balaban J connectivity index is 1.54. The van der Waals surface area contributed by atoms with Crippen molar-refractivity contribution in [1.29, 1.82) is 0 Å². The van der Waals surface area contributed by atoms with Crippen LogP contribution >= 0.6 is 0 Å². The third-order valence-electron chi connectivity index (χ3n) is 5.40. The molecule has 2 aromatic heterocycles. The molecule has 0 radical (unpaired) electrons. The monoisotopic (exact) mass is 475 g/mol. The largest absolute Gasteiger partial charge is 0.497 e. The third-order valence-corrected chi connectivity index (χ3v) is 5.40. The zero-order valence-electron chi connectivity index (χ0n) is 19.7. The number of ketones is 1. The molecule has 2 heterocycles. The van der Waals surface area contributed by atoms with Crippen molar-refractivity contribution in [2.24, 2.45) is 0 Å². The Morgan fingerprint density at radius 2 is 1.86 bits per heavy atom. The maximum atomic E-state index is 13.2. The third kappa shape index (κ3) is 5.08. The number of fused-ring (bicyclic) bond motifs is 1. The molecular formula is C26H25N3O6. The summed E-state index contributed by atoms with van der Waals surface area (Å²) in [6.07, 6.45) is 1.01. The molecule has 0 bridgehead atoms. The summed E-state index contributed by atoms with van der Waals surface area (Å²) in [6.45, 7) is 4.66. The number of aromatic nitrogens is 3. The van der Waals surface area contributed by atoms with Gasteiger partial charge in [-0.15, -0.1) is 0 Å². The number of hydrogen-bond acceptors (Lipinski definition) is 7. The maximum Gasteiger partial charge on any atom is 0.347 e. The first-order chi connectivity index (χ1) is 16.7. The molecular weight excluding hydrogens is 450 g/mol. The van der Waals surface area contributed by atoms with Crippen molar-refractivity contribution in [3.05, 3.63) is 77.7 Å². The van der Waals surface area contributed by atoms with E-state index in [0.717, 1.165) is 11.0 Å². The van der Waals surface area contributed by atoms with Crippen LogP contribution in [0.25, 0.3) is 11.0 Å². The molecule has 4 rings (SSSR count). The normalized spacial score (nSPS) is 12.2. The van der Waals surface area contributed by atoms with Gasteiger partial charge in [0.1, 0.15) is 17.3 Å². The number of carbonyl (C=O) groups excluding carboxylic acids is 1. The summed E-state index contributed by atoms with van der Waals surface area (Å²) >= 11 is 0. The lowest BCUT2D eigenvalue weighted by Gasteiger charge is -2.23. The number of imidazole rings is 1. The van der Waals surface area contributed by atoms with Gasteiger partial charge in [-0.3, -0.25) is 4.79 Å². The van der Waals surface area contributed by atoms with E-state index >= 15 is 0 Å². The lowest BCUT2D eigenvalue weighted by atomic mass is 10.0. The van der Waals surface area contributed by atoms with Crippen molar-refractivity contribution < 1.29 is 28.9 Å². The number of methoxy groups -OCH3 is 1. The minimum atomic E-state index is -1.55. The second-order valence-electron chi connectivity index (χ2n) is 8.39. The Bertz CT molecular complexity index is 1340. The molecule has 1 unspecified atom stereocenters. The first-order valence-corrected chi connectivity index (χ1v) is 10.9. The Hall–Kier alpha value is -4.40. The molecule has 0 aliphatic heterocycles. The second kappa shape index (κ2) is 9.46. The van der Waals surface area contributed by atoms with Gasteiger partial charge in [0.25, 0.3) is 0 Å². The first kappa shape index (κ1) is 23.7. The van der Waals surface area contributed by atoms with Gasteiger partial charge >= 0.3 is 5.97 Å². The summed E-state index contributed by atoms with van der Waals surface area (Å²) in [5, 5.41) is 9.43. The molecule has 0 fully saturated rings. The quantitative estimate of drug-likeness (QED) is 0.337. The molecule has 0 aliphatic carbocycles. The smallest absolute Gasteiger partial charge is 0.347 e. The molecule has 35 heavy (non-hydrogen) atoms. The molecule has 0 spiro atoms. The molecule has 0 amide bonds. The number of carboxylic acid groups (broad SMARTS) is 1. The molecule has 1 atom stereocenters. The average molecular weight is 476 g/mol. The van der Waals surface area contributed by atoms with E-state index < -0.39 is 17.7 Å². The van der Waals surface area contributed by atoms with Gasteiger partial charge in [-0.1, -0.05) is 12.1 Å². The van der Waals surface area contributed by atoms with Crippen molar-refractivity contribution in [2.45, 2.75) is 32.5 Å². The summed E-state index contributed by atoms with van der Waals surface area (Å²) < 4.78 is 16.8. The van der Waals surface area contributed by atoms with E-state index in [2.05, 4.69) is 15.0 Å². The van der Waals surface area contributed by atoms with Gasteiger partial charge < -0.3 is 24.3 Å². The van der Waals surface area contributed by atoms with Crippen LogP contribution in [0.2, 0.25) is 0 Å². The van der Waals surface area contributed by atoms with Crippen LogP contribution in [0, 0.1) is 0 Å². The van der Waals surface area contributed by atoms with Gasteiger partial charge in [0.05, 0.1) is 23.7 Å². The van der Waals surface area contributed by atoms with E-state index in [1.54, 1.807) is 18.2 Å². The highest BCUT2D eigenvalue weighted by Gasteiger charge is 2.31. The number of H-pyrrole nitrogens is 1. The van der Waals surface area contributed by atoms with E-state index in [-0.39, 0.29) is 22.7 Å². The highest BCUT2D eigenvalue weighted by molar-refractivity contribution is 6.10. The van der Waals surface area contributed by atoms with Gasteiger partial charge in [0.2, 0.25) is 5.88 Å². The maximum absolute atomic E-state index is 13.2. The number of nitrogens with zero attached hydrogens (tertiary/aromatic N) is 2. The fourth-order valence-corrected chi connectivity index (χ4v) is 3.36. The van der Waals surface area contributed by atoms with E-state index in [0.29, 0.717) is 17.5 Å². The van der Waals surface area contributed by atoms with Crippen LogP contribution in [-0.4, -0.2) is 44.5 Å². The van der Waals surface area contributed by atoms with Crippen LogP contribution in [0.4, 0.5) is 0 Å². The van der Waals surface area contributed by atoms with Crippen molar-refractivity contribution in [3.63, 3.8) is 0 Å². The summed E-state index contributed by atoms with van der Waals surface area (Å²) in [5.41, 5.74) is 0.679. The summed E-state index contributed by atoms with van der Waals surface area (Å²) in [4.78, 5) is 36.8. The van der Waals surface area contributed by atoms with Gasteiger partial charge in [0, 0.05) is 23.9 Å². The molecule has 4 aromatic rings. The number of pyridine rings is 1. The van der Waals surface area contributed by atoms with E-state index in [9.17, 15) is 14.7 Å². The summed E-state index contributed by atoms with van der Waals surface area (Å²) in [5.74, 6) is -0.0320. The van der Waals surface area contributed by atoms with Crippen molar-refractivity contribution in [3.8, 4) is 17.4 Å². The number of para-hydroxylation sites is 2. The Morgan fingerprint density at radius 1 is 1.09 bits per heavy atom. The number of ether oxygens (including phenoxy) is 3. The second-order valence-corrected chi connectivity index (χ2v) is 8.39. The summed E-state index contributed by atoms with van der Waals surface area (Å²) in [7, 11) is 1.47. The number of carboxylic acids is 1. The molecule has 9 heteroatoms. The van der Waals surface area contributed by atoms with Gasteiger partial charge in [-0.05, 0) is 51.1 Å². The van der Waals surface area contributed by atoms with Crippen LogP contribution in [0.3, 0.4) is 0 Å². The van der Waals surface area contributed by atoms with Crippen molar-refractivity contribution in [2.75, 3.05) is 7.11 Å². The van der Waals surface area contributed by atoms with Gasteiger partial charge in [-0.25, -0.2) is 14.8 Å². The summed E-state index contributed by atoms with van der Waals surface area (Å²) in [6, 6.07) is 15.5. The zero-order valence-corrected chi connectivity index (χ0v) is 19.7. The van der Waals surface area contributed by atoms with E-state index in [4.69, 9.17) is 14.2 Å². The number of aliphatic carboxylic acids is 1. The number of benzene rings is 2. The highest BCUT2D eigenvalue weighted by Crippen LogP contribution is 2.30. The SMILES string of the molecule is COc1ccc(C(=O)c2ccc(OC(C)c3nc4ccccc4[nH]3)nc2)c(OC(C)(C)C(=O)O)c1. The van der Waals surface area contributed by atoms with E-state index in [1.807, 2.05) is 31.2 Å². The number of aromatic amines is 1. The Labute approximate surface area is 201 Å². The lowest BCUT2D eigenvalue weighted by molar-refractivity contribution is -0.152. The van der Waals surface area contributed by atoms with Crippen LogP contribution in [0.15, 0.2) is 60.8 Å². The molecule has 2 N–H and O–H groups in total. The Morgan fingerprint density at radius 3 is 2.51 bits per heavy atom. The predicted molar refractivity (Wildman–Crippen MR) is 128 cm³/mol. The van der Waals surface area contributed by atoms with Gasteiger partial charge in [0.15, 0.2) is 17.5 Å².